The van der Waals surface area contributed by atoms with Gasteiger partial charge < -0.3 is 4.74 Å². The Bertz CT molecular complexity index is 289. The summed E-state index contributed by atoms with van der Waals surface area (Å²) in [7, 11) is 0. The third-order valence-electron chi connectivity index (χ3n) is 2.34. The fourth-order valence-corrected chi connectivity index (χ4v) is 1.61. The van der Waals surface area contributed by atoms with E-state index in [0.29, 0.717) is 5.92 Å². The van der Waals surface area contributed by atoms with Crippen molar-refractivity contribution in [1.29, 1.82) is 0 Å². The maximum atomic E-state index is 5.47. The summed E-state index contributed by atoms with van der Waals surface area (Å²) in [6, 6.07) is 6.29. The molecule has 0 amide bonds. The topological polar surface area (TPSA) is 9.23 Å². The number of hydrogen-bond acceptors (Lipinski definition) is 1. The van der Waals surface area contributed by atoms with E-state index in [0.717, 1.165) is 18.8 Å². The highest BCUT2D eigenvalue weighted by atomic mass is 16.5. The average Bonchev–Trinajstić information content (AvgIpc) is 2.18. The molecule has 0 spiro atoms. The van der Waals surface area contributed by atoms with Gasteiger partial charge in [0, 0.05) is 0 Å². The molecule has 0 fully saturated rings. The lowest BCUT2D eigenvalue weighted by Crippen LogP contribution is -1.98. The summed E-state index contributed by atoms with van der Waals surface area (Å²) in [5.41, 5.74) is 2.68. The molecule has 1 radical (unpaired) electrons. The fourth-order valence-electron chi connectivity index (χ4n) is 1.61. The van der Waals surface area contributed by atoms with E-state index in [1.165, 1.54) is 11.1 Å². The molecule has 0 heterocycles. The van der Waals surface area contributed by atoms with E-state index in [-0.39, 0.29) is 0 Å². The molecule has 0 aromatic heterocycles. The molecule has 14 heavy (non-hydrogen) atoms. The molecule has 0 saturated heterocycles. The molecule has 1 rings (SSSR count). The zero-order valence-corrected chi connectivity index (χ0v) is 9.34. The van der Waals surface area contributed by atoms with Gasteiger partial charge >= 0.3 is 0 Å². The van der Waals surface area contributed by atoms with Gasteiger partial charge in [0.2, 0.25) is 0 Å². The minimum absolute atomic E-state index is 0.324. The Labute approximate surface area is 87.1 Å². The molecule has 77 valence electrons. The van der Waals surface area contributed by atoms with Gasteiger partial charge in [0.1, 0.15) is 5.75 Å². The Balaban J connectivity index is 3.01. The molecule has 0 bridgehead atoms. The Morgan fingerprint density at radius 2 is 2.07 bits per heavy atom. The second kappa shape index (κ2) is 5.04. The predicted molar refractivity (Wildman–Crippen MR) is 60.8 cm³/mol. The molecule has 1 nitrogen and oxygen atoms in total. The second-order valence-electron chi connectivity index (χ2n) is 3.55. The summed E-state index contributed by atoms with van der Waals surface area (Å²) in [4.78, 5) is 0. The van der Waals surface area contributed by atoms with Gasteiger partial charge in [0.25, 0.3) is 0 Å². The number of hydrogen-bond donors (Lipinski definition) is 0. The first-order chi connectivity index (χ1) is 6.69. The van der Waals surface area contributed by atoms with Crippen molar-refractivity contribution >= 4 is 0 Å². The van der Waals surface area contributed by atoms with Crippen LogP contribution in [0.25, 0.3) is 0 Å². The van der Waals surface area contributed by atoms with Crippen molar-refractivity contribution in [3.05, 3.63) is 36.2 Å². The maximum Gasteiger partial charge on any atom is 0.119 e. The molecular formula is C13H19O. The monoisotopic (exact) mass is 191 g/mol. The highest BCUT2D eigenvalue weighted by Crippen LogP contribution is 2.24. The van der Waals surface area contributed by atoms with Crippen LogP contribution in [-0.4, -0.2) is 6.61 Å². The number of ether oxygens (including phenoxy) is 1. The van der Waals surface area contributed by atoms with Crippen molar-refractivity contribution in [2.24, 2.45) is 0 Å². The number of benzene rings is 1. The maximum absolute atomic E-state index is 5.47. The predicted octanol–water partition coefficient (Wildman–Crippen LogP) is 3.59. The van der Waals surface area contributed by atoms with E-state index < -0.39 is 0 Å². The zero-order valence-electron chi connectivity index (χ0n) is 9.34. The van der Waals surface area contributed by atoms with E-state index in [2.05, 4.69) is 32.9 Å². The lowest BCUT2D eigenvalue weighted by atomic mass is 9.95. The van der Waals surface area contributed by atoms with E-state index >= 15 is 0 Å². The van der Waals surface area contributed by atoms with Crippen LogP contribution in [0.2, 0.25) is 0 Å². The lowest BCUT2D eigenvalue weighted by molar-refractivity contribution is 0.339. The molecule has 0 aliphatic rings. The summed E-state index contributed by atoms with van der Waals surface area (Å²) in [5.74, 6) is 1.28. The first-order valence-electron chi connectivity index (χ1n) is 5.27. The van der Waals surface area contributed by atoms with Gasteiger partial charge in [-0.2, -0.15) is 0 Å². The molecule has 0 aliphatic carbocycles. The van der Waals surface area contributed by atoms with Crippen molar-refractivity contribution < 1.29 is 4.74 Å². The van der Waals surface area contributed by atoms with Crippen LogP contribution in [0.4, 0.5) is 0 Å². The summed E-state index contributed by atoms with van der Waals surface area (Å²) < 4.78 is 5.47. The van der Waals surface area contributed by atoms with Crippen molar-refractivity contribution in [3.63, 3.8) is 0 Å². The molecule has 1 aromatic carbocycles. The van der Waals surface area contributed by atoms with Crippen molar-refractivity contribution in [1.82, 2.24) is 0 Å². The van der Waals surface area contributed by atoms with Crippen LogP contribution < -0.4 is 4.74 Å². The van der Waals surface area contributed by atoms with Crippen LogP contribution in [0, 0.1) is 6.92 Å². The number of aryl methyl sites for hydroxylation is 1. The van der Waals surface area contributed by atoms with Gasteiger partial charge in [-0.3, -0.25) is 0 Å². The van der Waals surface area contributed by atoms with Crippen LogP contribution in [0.5, 0.6) is 5.75 Å². The lowest BCUT2D eigenvalue weighted by Gasteiger charge is -2.13. The Hall–Kier alpha value is -0.980. The first kappa shape index (κ1) is 11.1. The van der Waals surface area contributed by atoms with E-state index in [4.69, 9.17) is 4.74 Å². The molecule has 1 aromatic rings. The molecule has 0 N–H and O–H groups in total. The van der Waals surface area contributed by atoms with Gasteiger partial charge in [-0.1, -0.05) is 19.9 Å². The highest BCUT2D eigenvalue weighted by Gasteiger charge is 2.06. The van der Waals surface area contributed by atoms with E-state index in [9.17, 15) is 0 Å². The molecule has 0 saturated carbocycles. The zero-order chi connectivity index (χ0) is 10.6. The molecular weight excluding hydrogens is 172 g/mol. The highest BCUT2D eigenvalue weighted by molar-refractivity contribution is 5.38. The van der Waals surface area contributed by atoms with Crippen LogP contribution in [0.3, 0.4) is 0 Å². The van der Waals surface area contributed by atoms with E-state index in [1.807, 2.05) is 13.0 Å². The summed E-state index contributed by atoms with van der Waals surface area (Å²) in [6.45, 7) is 11.1. The number of rotatable bonds is 4. The first-order valence-corrected chi connectivity index (χ1v) is 5.27. The Morgan fingerprint density at radius 1 is 1.36 bits per heavy atom. The molecule has 1 heteroatoms. The largest absolute Gasteiger partial charge is 0.494 e. The van der Waals surface area contributed by atoms with Crippen molar-refractivity contribution in [3.8, 4) is 5.75 Å². The average molecular weight is 191 g/mol. The van der Waals surface area contributed by atoms with E-state index in [1.54, 1.807) is 0 Å². The second-order valence-corrected chi connectivity index (χ2v) is 3.55. The smallest absolute Gasteiger partial charge is 0.119 e. The molecule has 1 atom stereocenters. The van der Waals surface area contributed by atoms with Gasteiger partial charge in [0.05, 0.1) is 6.61 Å². The summed E-state index contributed by atoms with van der Waals surface area (Å²) in [6.07, 6.45) is 1.06. The third kappa shape index (κ3) is 2.50. The summed E-state index contributed by atoms with van der Waals surface area (Å²) in [5, 5.41) is 0. The Kier molecular flexibility index (Phi) is 3.99. The minimum Gasteiger partial charge on any atom is -0.494 e. The van der Waals surface area contributed by atoms with Crippen molar-refractivity contribution in [2.75, 3.05) is 6.61 Å². The quantitative estimate of drug-likeness (QED) is 0.706. The molecule has 0 aliphatic heterocycles. The third-order valence-corrected chi connectivity index (χ3v) is 2.34. The Morgan fingerprint density at radius 3 is 2.57 bits per heavy atom. The van der Waals surface area contributed by atoms with Gasteiger partial charge in [-0.25, -0.2) is 0 Å². The van der Waals surface area contributed by atoms with Gasteiger partial charge in [-0.15, -0.1) is 0 Å². The van der Waals surface area contributed by atoms with Crippen molar-refractivity contribution in [2.45, 2.75) is 33.1 Å². The van der Waals surface area contributed by atoms with Crippen LogP contribution >= 0.6 is 0 Å². The van der Waals surface area contributed by atoms with Gasteiger partial charge in [0.15, 0.2) is 0 Å². The standard InChI is InChI=1S/C13H19O/c1-5-11-7-8-12(14-6-2)9-13(11)10(3)4/h7-10H,3,5-6H2,1-2,4H3. The normalized spacial score (nSPS) is 10.6. The van der Waals surface area contributed by atoms with Crippen LogP contribution in [0.15, 0.2) is 18.2 Å². The van der Waals surface area contributed by atoms with Crippen LogP contribution in [0.1, 0.15) is 37.8 Å². The van der Waals surface area contributed by atoms with Crippen LogP contribution in [-0.2, 0) is 6.42 Å². The SMILES string of the molecule is [CH2]C(C)c1cc(OCC)ccc1CC. The van der Waals surface area contributed by atoms with Gasteiger partial charge in [-0.05, 0) is 49.4 Å². The molecule has 1 unspecified atom stereocenters. The fraction of sp³-hybridized carbons (Fsp3) is 0.462. The summed E-state index contributed by atoms with van der Waals surface area (Å²) >= 11 is 0. The minimum atomic E-state index is 0.324.